The molecule has 5 rings (SSSR count). The Hall–Kier alpha value is -5.25. The van der Waals surface area contributed by atoms with E-state index in [0.29, 0.717) is 33.8 Å². The summed E-state index contributed by atoms with van der Waals surface area (Å²) in [6.45, 7) is 1.93. The van der Waals surface area contributed by atoms with E-state index < -0.39 is 17.3 Å². The number of carbonyl (C=O) groups excluding carboxylic acids is 1. The van der Waals surface area contributed by atoms with Gasteiger partial charge in [-0.3, -0.25) is 19.1 Å². The zero-order valence-corrected chi connectivity index (χ0v) is 21.3. The van der Waals surface area contributed by atoms with E-state index in [1.165, 1.54) is 49.5 Å². The maximum atomic E-state index is 15.0. The molecule has 1 N–H and O–H groups in total. The van der Waals surface area contributed by atoms with Gasteiger partial charge in [0.15, 0.2) is 28.8 Å². The SMILES string of the molecule is COc1cc2nccc(Oc3ccc(NC(=O)c4nccn(-c5ccc(C)cc5)c4=O)cc3F)c2cc1OC. The molecule has 0 radical (unpaired) electrons. The fourth-order valence-electron chi connectivity index (χ4n) is 3.98. The van der Waals surface area contributed by atoms with Crippen LogP contribution in [-0.2, 0) is 0 Å². The molecule has 9 nitrogen and oxygen atoms in total. The molecule has 0 aliphatic carbocycles. The molecule has 0 aliphatic rings. The summed E-state index contributed by atoms with van der Waals surface area (Å²) in [5.74, 6) is -0.250. The van der Waals surface area contributed by atoms with Crippen molar-refractivity contribution >= 4 is 22.5 Å². The molecular formula is C29H23FN4O5. The van der Waals surface area contributed by atoms with Crippen LogP contribution in [0, 0.1) is 12.7 Å². The molecule has 0 saturated carbocycles. The molecule has 1 amide bonds. The molecule has 0 fully saturated rings. The van der Waals surface area contributed by atoms with Crippen molar-refractivity contribution < 1.29 is 23.4 Å². The summed E-state index contributed by atoms with van der Waals surface area (Å²) in [6, 6.07) is 16.2. The van der Waals surface area contributed by atoms with Crippen LogP contribution < -0.4 is 25.1 Å². The van der Waals surface area contributed by atoms with Crippen LogP contribution in [-0.4, -0.2) is 34.7 Å². The topological polar surface area (TPSA) is 105 Å². The number of anilines is 1. The van der Waals surface area contributed by atoms with Crippen molar-refractivity contribution in [3.8, 4) is 28.7 Å². The molecule has 5 aromatic rings. The third kappa shape index (κ3) is 5.12. The summed E-state index contributed by atoms with van der Waals surface area (Å²) in [5.41, 5.74) is 1.39. The largest absolute Gasteiger partial charge is 0.493 e. The van der Waals surface area contributed by atoms with Crippen LogP contribution in [0.1, 0.15) is 16.1 Å². The fraction of sp³-hybridized carbons (Fsp3) is 0.103. The van der Waals surface area contributed by atoms with Gasteiger partial charge in [0.25, 0.3) is 11.5 Å². The lowest BCUT2D eigenvalue weighted by Gasteiger charge is -2.13. The number of aryl methyl sites for hydroxylation is 1. The van der Waals surface area contributed by atoms with Gasteiger partial charge in [-0.2, -0.15) is 0 Å². The first-order valence-electron chi connectivity index (χ1n) is 11.8. The van der Waals surface area contributed by atoms with Gasteiger partial charge < -0.3 is 19.5 Å². The van der Waals surface area contributed by atoms with E-state index in [2.05, 4.69) is 15.3 Å². The zero-order chi connectivity index (χ0) is 27.5. The van der Waals surface area contributed by atoms with Crippen molar-refractivity contribution in [3.63, 3.8) is 0 Å². The number of halogens is 1. The highest BCUT2D eigenvalue weighted by Crippen LogP contribution is 2.37. The van der Waals surface area contributed by atoms with Crippen LogP contribution >= 0.6 is 0 Å². The highest BCUT2D eigenvalue weighted by Gasteiger charge is 2.17. The van der Waals surface area contributed by atoms with E-state index in [0.717, 1.165) is 11.6 Å². The van der Waals surface area contributed by atoms with Crippen molar-refractivity contribution in [2.75, 3.05) is 19.5 Å². The van der Waals surface area contributed by atoms with Crippen molar-refractivity contribution in [2.24, 2.45) is 0 Å². The number of rotatable bonds is 7. The average molecular weight is 527 g/mol. The van der Waals surface area contributed by atoms with Crippen LogP contribution in [0.5, 0.6) is 23.0 Å². The number of benzene rings is 3. The summed E-state index contributed by atoms with van der Waals surface area (Å²) in [6.07, 6.45) is 4.37. The number of fused-ring (bicyclic) bond motifs is 1. The van der Waals surface area contributed by atoms with E-state index >= 15 is 4.39 Å². The second-order valence-electron chi connectivity index (χ2n) is 8.52. The van der Waals surface area contributed by atoms with E-state index in [9.17, 15) is 9.59 Å². The van der Waals surface area contributed by atoms with E-state index in [1.54, 1.807) is 30.3 Å². The smallest absolute Gasteiger partial charge is 0.286 e. The molecule has 10 heteroatoms. The first-order chi connectivity index (χ1) is 18.9. The summed E-state index contributed by atoms with van der Waals surface area (Å²) >= 11 is 0. The predicted octanol–water partition coefficient (Wildman–Crippen LogP) is 5.29. The summed E-state index contributed by atoms with van der Waals surface area (Å²) in [7, 11) is 3.03. The van der Waals surface area contributed by atoms with Crippen LogP contribution in [0.25, 0.3) is 16.6 Å². The number of nitrogens with one attached hydrogen (secondary N) is 1. The molecule has 3 aromatic carbocycles. The Morgan fingerprint density at radius 3 is 2.33 bits per heavy atom. The molecule has 0 unspecified atom stereocenters. The molecular weight excluding hydrogens is 503 g/mol. The first-order valence-corrected chi connectivity index (χ1v) is 11.8. The van der Waals surface area contributed by atoms with Crippen LogP contribution in [0.15, 0.2) is 84.0 Å². The second-order valence-corrected chi connectivity index (χ2v) is 8.52. The minimum absolute atomic E-state index is 0.0742. The van der Waals surface area contributed by atoms with E-state index in [1.807, 2.05) is 19.1 Å². The zero-order valence-electron chi connectivity index (χ0n) is 21.3. The van der Waals surface area contributed by atoms with Crippen molar-refractivity contribution in [2.45, 2.75) is 6.92 Å². The van der Waals surface area contributed by atoms with Gasteiger partial charge in [-0.15, -0.1) is 0 Å². The maximum Gasteiger partial charge on any atom is 0.286 e. The molecule has 196 valence electrons. The third-order valence-electron chi connectivity index (χ3n) is 5.98. The Morgan fingerprint density at radius 1 is 0.872 bits per heavy atom. The average Bonchev–Trinajstić information content (AvgIpc) is 2.94. The molecule has 0 saturated heterocycles. The quantitative estimate of drug-likeness (QED) is 0.307. The number of nitrogens with zero attached hydrogens (tertiary/aromatic N) is 3. The fourth-order valence-corrected chi connectivity index (χ4v) is 3.98. The number of pyridine rings is 1. The van der Waals surface area contributed by atoms with Crippen molar-refractivity contribution in [3.05, 3.63) is 107 Å². The number of carbonyl (C=O) groups is 1. The number of ether oxygens (including phenoxy) is 3. The minimum atomic E-state index is -0.768. The lowest BCUT2D eigenvalue weighted by Crippen LogP contribution is -2.29. The number of amides is 1. The molecule has 2 heterocycles. The molecule has 0 spiro atoms. The summed E-state index contributed by atoms with van der Waals surface area (Å²) in [4.78, 5) is 34.0. The van der Waals surface area contributed by atoms with Gasteiger partial charge in [0.1, 0.15) is 5.75 Å². The van der Waals surface area contributed by atoms with E-state index in [-0.39, 0.29) is 17.1 Å². The summed E-state index contributed by atoms with van der Waals surface area (Å²) < 4.78 is 32.9. The van der Waals surface area contributed by atoms with E-state index in [4.69, 9.17) is 14.2 Å². The Bertz CT molecular complexity index is 1750. The Labute approximate surface area is 222 Å². The molecule has 2 aromatic heterocycles. The number of methoxy groups -OCH3 is 2. The third-order valence-corrected chi connectivity index (χ3v) is 5.98. The Morgan fingerprint density at radius 2 is 1.62 bits per heavy atom. The monoisotopic (exact) mass is 526 g/mol. The Balaban J connectivity index is 1.38. The molecule has 39 heavy (non-hydrogen) atoms. The van der Waals surface area contributed by atoms with Gasteiger partial charge in [0, 0.05) is 47.5 Å². The first kappa shape index (κ1) is 25.4. The van der Waals surface area contributed by atoms with Crippen LogP contribution in [0.3, 0.4) is 0 Å². The van der Waals surface area contributed by atoms with Crippen LogP contribution in [0.4, 0.5) is 10.1 Å². The number of aromatic nitrogens is 3. The minimum Gasteiger partial charge on any atom is -0.493 e. The van der Waals surface area contributed by atoms with Crippen LogP contribution in [0.2, 0.25) is 0 Å². The van der Waals surface area contributed by atoms with Crippen molar-refractivity contribution in [1.29, 1.82) is 0 Å². The standard InChI is InChI=1S/C29H23FN4O5/c1-17-4-7-19(8-5-17)34-13-12-32-27(29(34)36)28(35)33-18-6-9-24(21(30)14-18)39-23-10-11-31-22-16-26(38-3)25(37-2)15-20(22)23/h4-16H,1-3H3,(H,33,35). The molecule has 0 bridgehead atoms. The Kier molecular flexibility index (Phi) is 6.92. The van der Waals surface area contributed by atoms with Gasteiger partial charge in [0.05, 0.1) is 19.7 Å². The maximum absolute atomic E-state index is 15.0. The molecule has 0 aliphatic heterocycles. The highest BCUT2D eigenvalue weighted by atomic mass is 19.1. The summed E-state index contributed by atoms with van der Waals surface area (Å²) in [5, 5.41) is 3.12. The normalized spacial score (nSPS) is 10.8. The second kappa shape index (κ2) is 10.6. The van der Waals surface area contributed by atoms with Gasteiger partial charge in [-0.05, 0) is 43.3 Å². The van der Waals surface area contributed by atoms with Gasteiger partial charge in [0.2, 0.25) is 0 Å². The lowest BCUT2D eigenvalue weighted by molar-refractivity contribution is 0.102. The van der Waals surface area contributed by atoms with Gasteiger partial charge in [-0.25, -0.2) is 9.37 Å². The lowest BCUT2D eigenvalue weighted by atomic mass is 10.2. The molecule has 0 atom stereocenters. The van der Waals surface area contributed by atoms with Gasteiger partial charge in [-0.1, -0.05) is 17.7 Å². The van der Waals surface area contributed by atoms with Gasteiger partial charge >= 0.3 is 0 Å². The number of hydrogen-bond donors (Lipinski definition) is 1. The van der Waals surface area contributed by atoms with Crippen molar-refractivity contribution in [1.82, 2.24) is 14.5 Å². The highest BCUT2D eigenvalue weighted by molar-refractivity contribution is 6.02. The predicted molar refractivity (Wildman–Crippen MR) is 144 cm³/mol. The number of hydrogen-bond acceptors (Lipinski definition) is 7.